The van der Waals surface area contributed by atoms with Crippen LogP contribution in [0.3, 0.4) is 0 Å². The Bertz CT molecular complexity index is 679. The first kappa shape index (κ1) is 28.1. The summed E-state index contributed by atoms with van der Waals surface area (Å²) in [6, 6.07) is 31.5. The molecule has 3 atom stereocenters. The van der Waals surface area contributed by atoms with Crippen LogP contribution in [0.4, 0.5) is 0 Å². The van der Waals surface area contributed by atoms with Crippen LogP contribution in [0.5, 0.6) is 0 Å². The van der Waals surface area contributed by atoms with E-state index in [0.29, 0.717) is 0 Å². The second-order valence-electron chi connectivity index (χ2n) is 5.36. The highest BCUT2D eigenvalue weighted by molar-refractivity contribution is 7.46. The van der Waals surface area contributed by atoms with Gasteiger partial charge in [-0.1, -0.05) is 117 Å². The summed E-state index contributed by atoms with van der Waals surface area (Å²) in [7, 11) is -1.85. The van der Waals surface area contributed by atoms with Gasteiger partial charge in [-0.3, -0.25) is 0 Å². The predicted molar refractivity (Wildman–Crippen MR) is 135 cm³/mol. The molecule has 0 saturated carbocycles. The molecule has 29 heavy (non-hydrogen) atoms. The minimum Gasteiger partial charge on any atom is -0.303 e. The summed E-state index contributed by atoms with van der Waals surface area (Å²) < 4.78 is 8.88. The molecule has 0 spiro atoms. The fourth-order valence-electron chi connectivity index (χ4n) is 1.81. The van der Waals surface area contributed by atoms with Gasteiger partial charge in [0.2, 0.25) is 0 Å². The van der Waals surface area contributed by atoms with E-state index >= 15 is 0 Å². The van der Waals surface area contributed by atoms with Crippen LogP contribution in [0.1, 0.15) is 0 Å². The standard InChI is InChI=1S/3C7H9P.H3O4P/c3*1-8-7-5-3-2-4-6-7;1-5(2,3)4/h3*2-6,8H,1H3;(H3,1,2,3,4). The normalized spacial score (nSPS) is 10.8. The molecule has 0 heterocycles. The third-order valence-corrected chi connectivity index (χ3v) is 5.92. The summed E-state index contributed by atoms with van der Waals surface area (Å²) in [5.41, 5.74) is 0. The molecule has 3 rings (SSSR count). The summed E-state index contributed by atoms with van der Waals surface area (Å²) in [5.74, 6) is 0. The van der Waals surface area contributed by atoms with Gasteiger partial charge in [-0.05, 0) is 35.9 Å². The van der Waals surface area contributed by atoms with E-state index in [9.17, 15) is 0 Å². The highest BCUT2D eigenvalue weighted by Gasteiger charge is 2.00. The monoisotopic (exact) mass is 470 g/mol. The van der Waals surface area contributed by atoms with Gasteiger partial charge in [0.25, 0.3) is 0 Å². The summed E-state index contributed by atoms with van der Waals surface area (Å²) in [4.78, 5) is 21.6. The van der Waals surface area contributed by atoms with E-state index < -0.39 is 7.82 Å². The van der Waals surface area contributed by atoms with Crippen molar-refractivity contribution < 1.29 is 19.2 Å². The van der Waals surface area contributed by atoms with Crippen molar-refractivity contribution >= 4 is 49.5 Å². The Morgan fingerprint density at radius 2 is 0.690 bits per heavy atom. The minimum atomic E-state index is -4.64. The molecule has 0 radical (unpaired) electrons. The quantitative estimate of drug-likeness (QED) is 0.507. The first-order valence-corrected chi connectivity index (χ1v) is 14.8. The molecule has 4 nitrogen and oxygen atoms in total. The van der Waals surface area contributed by atoms with Crippen LogP contribution in [0.2, 0.25) is 0 Å². The van der Waals surface area contributed by atoms with E-state index in [4.69, 9.17) is 19.2 Å². The maximum absolute atomic E-state index is 8.88. The van der Waals surface area contributed by atoms with E-state index in [1.54, 1.807) is 0 Å². The van der Waals surface area contributed by atoms with Crippen molar-refractivity contribution in [2.75, 3.05) is 20.0 Å². The third kappa shape index (κ3) is 20.1. The van der Waals surface area contributed by atoms with Gasteiger partial charge in [-0.15, -0.1) is 0 Å². The second kappa shape index (κ2) is 17.9. The van der Waals surface area contributed by atoms with Crippen molar-refractivity contribution in [1.82, 2.24) is 0 Å². The Balaban J connectivity index is 0.000000367. The van der Waals surface area contributed by atoms with Crippen molar-refractivity contribution in [2.45, 2.75) is 0 Å². The van der Waals surface area contributed by atoms with Crippen molar-refractivity contribution in [1.29, 1.82) is 0 Å². The number of hydrogen-bond donors (Lipinski definition) is 3. The molecule has 0 aliphatic carbocycles. The first-order valence-electron chi connectivity index (χ1n) is 8.76. The number of phosphoric acid groups is 1. The summed E-state index contributed by atoms with van der Waals surface area (Å²) >= 11 is 0. The SMILES string of the molecule is CPc1ccccc1.CPc1ccccc1.CPc1ccccc1.O=P(O)(O)O. The topological polar surface area (TPSA) is 77.8 Å². The van der Waals surface area contributed by atoms with Gasteiger partial charge in [0.05, 0.1) is 0 Å². The summed E-state index contributed by atoms with van der Waals surface area (Å²) in [6.45, 7) is 6.57. The van der Waals surface area contributed by atoms with Crippen LogP contribution in [0, 0.1) is 0 Å². The predicted octanol–water partition coefficient (Wildman–Crippen LogP) is 3.93. The van der Waals surface area contributed by atoms with Crippen LogP contribution in [-0.4, -0.2) is 34.7 Å². The molecular formula is C21H30O4P4. The van der Waals surface area contributed by atoms with E-state index in [0.717, 1.165) is 25.7 Å². The van der Waals surface area contributed by atoms with E-state index in [1.165, 1.54) is 15.9 Å². The van der Waals surface area contributed by atoms with Gasteiger partial charge in [-0.2, -0.15) is 0 Å². The molecule has 0 saturated heterocycles. The van der Waals surface area contributed by atoms with Gasteiger partial charge < -0.3 is 14.7 Å². The average molecular weight is 470 g/mol. The molecule has 158 valence electrons. The molecule has 0 aromatic heterocycles. The second-order valence-corrected chi connectivity index (χ2v) is 9.62. The van der Waals surface area contributed by atoms with Gasteiger partial charge in [-0.25, -0.2) is 4.57 Å². The Labute approximate surface area is 179 Å². The molecule has 0 aliphatic rings. The van der Waals surface area contributed by atoms with Crippen molar-refractivity contribution in [3.05, 3.63) is 91.0 Å². The molecular weight excluding hydrogens is 440 g/mol. The molecule has 0 amide bonds. The largest absolute Gasteiger partial charge is 0.466 e. The molecule has 0 fully saturated rings. The van der Waals surface area contributed by atoms with Crippen LogP contribution in [-0.2, 0) is 4.57 Å². The third-order valence-electron chi connectivity index (χ3n) is 3.19. The minimum absolute atomic E-state index is 0.930. The maximum atomic E-state index is 8.88. The Morgan fingerprint density at radius 3 is 0.793 bits per heavy atom. The number of benzene rings is 3. The van der Waals surface area contributed by atoms with Crippen molar-refractivity contribution in [2.24, 2.45) is 0 Å². The molecule has 8 heteroatoms. The summed E-state index contributed by atoms with van der Waals surface area (Å²) in [5, 5.41) is 4.31. The number of hydrogen-bond acceptors (Lipinski definition) is 1. The molecule has 3 aromatic rings. The lowest BCUT2D eigenvalue weighted by Gasteiger charge is -1.89. The van der Waals surface area contributed by atoms with Crippen LogP contribution < -0.4 is 15.9 Å². The van der Waals surface area contributed by atoms with Crippen LogP contribution >= 0.6 is 33.6 Å². The fourth-order valence-corrected chi connectivity index (χ4v) is 3.39. The maximum Gasteiger partial charge on any atom is 0.466 e. The Hall–Kier alpha value is -0.940. The van der Waals surface area contributed by atoms with E-state index in [1.807, 2.05) is 18.2 Å². The zero-order chi connectivity index (χ0) is 22.0. The Morgan fingerprint density at radius 1 is 0.517 bits per heavy atom. The molecule has 3 unspecified atom stereocenters. The van der Waals surface area contributed by atoms with Gasteiger partial charge in [0.15, 0.2) is 0 Å². The van der Waals surface area contributed by atoms with Crippen LogP contribution in [0.25, 0.3) is 0 Å². The lowest BCUT2D eigenvalue weighted by atomic mass is 10.4. The lowest BCUT2D eigenvalue weighted by Crippen LogP contribution is -1.87. The fraction of sp³-hybridized carbons (Fsp3) is 0.143. The average Bonchev–Trinajstić information content (AvgIpc) is 2.75. The van der Waals surface area contributed by atoms with Crippen LogP contribution in [0.15, 0.2) is 91.0 Å². The molecule has 3 N–H and O–H groups in total. The lowest BCUT2D eigenvalue weighted by molar-refractivity contribution is 0.275. The van der Waals surface area contributed by atoms with Gasteiger partial charge in [0, 0.05) is 0 Å². The number of rotatable bonds is 3. The highest BCUT2D eigenvalue weighted by atomic mass is 31.2. The molecule has 3 aromatic carbocycles. The van der Waals surface area contributed by atoms with Gasteiger partial charge in [0.1, 0.15) is 0 Å². The summed E-state index contributed by atoms with van der Waals surface area (Å²) in [6.07, 6.45) is 0. The molecule has 0 aliphatic heterocycles. The first-order chi connectivity index (χ1) is 13.8. The highest BCUT2D eigenvalue weighted by Crippen LogP contribution is 2.25. The van der Waals surface area contributed by atoms with Gasteiger partial charge >= 0.3 is 7.82 Å². The smallest absolute Gasteiger partial charge is 0.303 e. The van der Waals surface area contributed by atoms with E-state index in [-0.39, 0.29) is 0 Å². The Kier molecular flexibility index (Phi) is 17.3. The van der Waals surface area contributed by atoms with E-state index in [2.05, 4.69) is 92.8 Å². The zero-order valence-corrected chi connectivity index (χ0v) is 20.8. The van der Waals surface area contributed by atoms with Crippen molar-refractivity contribution in [3.63, 3.8) is 0 Å². The van der Waals surface area contributed by atoms with Crippen molar-refractivity contribution in [3.8, 4) is 0 Å². The zero-order valence-electron chi connectivity index (χ0n) is 16.9. The molecule has 0 bridgehead atoms.